The van der Waals surface area contributed by atoms with E-state index in [4.69, 9.17) is 10.00 Å². The van der Waals surface area contributed by atoms with Crippen LogP contribution in [0.2, 0.25) is 0 Å². The van der Waals surface area contributed by atoms with Gasteiger partial charge in [-0.15, -0.1) is 0 Å². The highest BCUT2D eigenvalue weighted by molar-refractivity contribution is 6.01. The Hall–Kier alpha value is -4.35. The van der Waals surface area contributed by atoms with Gasteiger partial charge in [0, 0.05) is 12.1 Å². The van der Waals surface area contributed by atoms with Gasteiger partial charge in [-0.1, -0.05) is 60.7 Å². The van der Waals surface area contributed by atoms with E-state index in [1.54, 1.807) is 36.4 Å². The van der Waals surface area contributed by atoms with Crippen molar-refractivity contribution in [1.29, 1.82) is 10.5 Å². The minimum atomic E-state index is -0.396. The molecule has 3 aromatic carbocycles. The Bertz CT molecular complexity index is 1140. The average molecular weight is 407 g/mol. The summed E-state index contributed by atoms with van der Waals surface area (Å²) in [6.45, 7) is 0.741. The summed E-state index contributed by atoms with van der Waals surface area (Å²) in [5, 5.41) is 21.3. The summed E-state index contributed by atoms with van der Waals surface area (Å²) in [4.78, 5) is 12.3. The summed E-state index contributed by atoms with van der Waals surface area (Å²) >= 11 is 0. The Morgan fingerprint density at radius 3 is 2.35 bits per heavy atom. The van der Waals surface area contributed by atoms with E-state index in [2.05, 4.69) is 11.4 Å². The first-order chi connectivity index (χ1) is 15.2. The molecule has 0 unspecified atom stereocenters. The minimum absolute atomic E-state index is 0.0460. The van der Waals surface area contributed by atoms with Crippen molar-refractivity contribution in [3.05, 3.63) is 107 Å². The molecule has 0 bridgehead atoms. The monoisotopic (exact) mass is 407 g/mol. The highest BCUT2D eigenvalue weighted by Crippen LogP contribution is 2.17. The van der Waals surface area contributed by atoms with Crippen LogP contribution >= 0.6 is 0 Å². The Kier molecular flexibility index (Phi) is 7.58. The molecular weight excluding hydrogens is 386 g/mol. The number of carbonyl (C=O) groups excluding carboxylic acids is 1. The zero-order valence-corrected chi connectivity index (χ0v) is 16.9. The predicted molar refractivity (Wildman–Crippen MR) is 119 cm³/mol. The fourth-order valence-electron chi connectivity index (χ4n) is 2.95. The van der Waals surface area contributed by atoms with Crippen LogP contribution < -0.4 is 10.1 Å². The molecule has 0 aromatic heterocycles. The quantitative estimate of drug-likeness (QED) is 0.443. The number of carbonyl (C=O) groups is 1. The van der Waals surface area contributed by atoms with Crippen LogP contribution in [0.5, 0.6) is 5.75 Å². The molecule has 3 rings (SSSR count). The summed E-state index contributed by atoms with van der Waals surface area (Å²) in [5.41, 5.74) is 3.29. The molecule has 1 amide bonds. The van der Waals surface area contributed by atoms with Gasteiger partial charge in [0.1, 0.15) is 24.0 Å². The molecule has 1 N–H and O–H groups in total. The van der Waals surface area contributed by atoms with Crippen molar-refractivity contribution < 1.29 is 9.53 Å². The molecule has 0 radical (unpaired) electrons. The maximum absolute atomic E-state index is 12.3. The molecule has 3 aromatic rings. The molecule has 0 aliphatic heterocycles. The molecule has 0 saturated carbocycles. The third kappa shape index (κ3) is 6.32. The fourth-order valence-corrected chi connectivity index (χ4v) is 2.95. The third-order valence-electron chi connectivity index (χ3n) is 4.63. The van der Waals surface area contributed by atoms with Crippen LogP contribution in [-0.4, -0.2) is 12.5 Å². The van der Waals surface area contributed by atoms with Crippen LogP contribution in [0.15, 0.2) is 84.4 Å². The second-order valence-corrected chi connectivity index (χ2v) is 6.79. The van der Waals surface area contributed by atoms with Crippen molar-refractivity contribution in [3.63, 3.8) is 0 Å². The van der Waals surface area contributed by atoms with Gasteiger partial charge in [0.15, 0.2) is 0 Å². The molecule has 0 aliphatic rings. The Labute approximate surface area is 181 Å². The van der Waals surface area contributed by atoms with Crippen molar-refractivity contribution in [2.24, 2.45) is 0 Å². The third-order valence-corrected chi connectivity index (χ3v) is 4.63. The van der Waals surface area contributed by atoms with Gasteiger partial charge in [-0.25, -0.2) is 0 Å². The lowest BCUT2D eigenvalue weighted by molar-refractivity contribution is -0.117. The molecule has 5 nitrogen and oxygen atoms in total. The average Bonchev–Trinajstić information content (AvgIpc) is 2.82. The lowest BCUT2D eigenvalue weighted by atomic mass is 10.1. The number of rotatable bonds is 8. The first-order valence-electron chi connectivity index (χ1n) is 9.84. The van der Waals surface area contributed by atoms with E-state index in [1.807, 2.05) is 54.6 Å². The van der Waals surface area contributed by atoms with Gasteiger partial charge in [-0.3, -0.25) is 4.79 Å². The summed E-state index contributed by atoms with van der Waals surface area (Å²) in [6.07, 6.45) is 2.25. The number of nitrogens with zero attached hydrogens (tertiary/aromatic N) is 2. The zero-order chi connectivity index (χ0) is 21.9. The van der Waals surface area contributed by atoms with Crippen LogP contribution in [-0.2, 0) is 17.8 Å². The largest absolute Gasteiger partial charge is 0.489 e. The van der Waals surface area contributed by atoms with Crippen LogP contribution in [0.1, 0.15) is 22.3 Å². The number of nitriles is 2. The van der Waals surface area contributed by atoms with Crippen LogP contribution in [0.25, 0.3) is 6.08 Å². The second-order valence-electron chi connectivity index (χ2n) is 6.79. The molecule has 0 spiro atoms. The highest BCUT2D eigenvalue weighted by atomic mass is 16.5. The van der Waals surface area contributed by atoms with E-state index in [0.717, 1.165) is 16.7 Å². The van der Waals surface area contributed by atoms with Gasteiger partial charge in [0.25, 0.3) is 5.91 Å². The van der Waals surface area contributed by atoms with Gasteiger partial charge in [0.2, 0.25) is 0 Å². The van der Waals surface area contributed by atoms with Crippen molar-refractivity contribution in [1.82, 2.24) is 5.32 Å². The summed E-state index contributed by atoms with van der Waals surface area (Å²) in [6, 6.07) is 28.3. The molecule has 31 heavy (non-hydrogen) atoms. The lowest BCUT2D eigenvalue weighted by Gasteiger charge is -2.08. The Morgan fingerprint density at radius 2 is 1.65 bits per heavy atom. The summed E-state index contributed by atoms with van der Waals surface area (Å²) in [7, 11) is 0. The van der Waals surface area contributed by atoms with Crippen LogP contribution in [0.4, 0.5) is 0 Å². The molecule has 152 valence electrons. The number of ether oxygens (including phenoxy) is 1. The minimum Gasteiger partial charge on any atom is -0.489 e. The van der Waals surface area contributed by atoms with Gasteiger partial charge < -0.3 is 10.1 Å². The van der Waals surface area contributed by atoms with Crippen molar-refractivity contribution in [2.75, 3.05) is 6.54 Å². The number of benzene rings is 3. The molecule has 0 aliphatic carbocycles. The number of nitrogens with one attached hydrogen (secondary N) is 1. The maximum Gasteiger partial charge on any atom is 0.261 e. The van der Waals surface area contributed by atoms with Crippen LogP contribution in [0.3, 0.4) is 0 Å². The maximum atomic E-state index is 12.3. The van der Waals surface area contributed by atoms with Crippen molar-refractivity contribution in [3.8, 4) is 17.9 Å². The SMILES string of the molecule is N#C/C(=C\c1ccc(OCc2ccccc2C#N)cc1)C(=O)NCCc1ccccc1. The smallest absolute Gasteiger partial charge is 0.261 e. The number of hydrogen-bond acceptors (Lipinski definition) is 4. The van der Waals surface area contributed by atoms with Gasteiger partial charge in [-0.05, 0) is 41.8 Å². The lowest BCUT2D eigenvalue weighted by Crippen LogP contribution is -2.26. The highest BCUT2D eigenvalue weighted by Gasteiger charge is 2.09. The Morgan fingerprint density at radius 1 is 0.935 bits per heavy atom. The normalized spacial score (nSPS) is 10.6. The number of hydrogen-bond donors (Lipinski definition) is 1. The standard InChI is InChI=1S/C26H21N3O2/c27-17-22-8-4-5-9-23(22)19-31-25-12-10-21(11-13-25)16-24(18-28)26(30)29-15-14-20-6-2-1-3-7-20/h1-13,16H,14-15,19H2,(H,29,30)/b24-16+. The van der Waals surface area contributed by atoms with Gasteiger partial charge >= 0.3 is 0 Å². The fraction of sp³-hybridized carbons (Fsp3) is 0.115. The molecule has 0 fully saturated rings. The Balaban J connectivity index is 1.56. The van der Waals surface area contributed by atoms with Crippen molar-refractivity contribution in [2.45, 2.75) is 13.0 Å². The predicted octanol–water partition coefficient (Wildman–Crippen LogP) is 4.40. The summed E-state index contributed by atoms with van der Waals surface area (Å²) in [5.74, 6) is 0.239. The molecule has 5 heteroatoms. The van der Waals surface area contributed by atoms with Crippen molar-refractivity contribution >= 4 is 12.0 Å². The van der Waals surface area contributed by atoms with E-state index < -0.39 is 5.91 Å². The first kappa shape index (κ1) is 21.4. The van der Waals surface area contributed by atoms with E-state index in [0.29, 0.717) is 24.3 Å². The number of amides is 1. The summed E-state index contributed by atoms with van der Waals surface area (Å²) < 4.78 is 5.75. The topological polar surface area (TPSA) is 85.9 Å². The van der Waals surface area contributed by atoms with Gasteiger partial charge in [0.05, 0.1) is 11.6 Å². The van der Waals surface area contributed by atoms with Crippen LogP contribution in [0, 0.1) is 22.7 Å². The van der Waals surface area contributed by atoms with E-state index in [-0.39, 0.29) is 12.2 Å². The first-order valence-corrected chi connectivity index (χ1v) is 9.84. The molecule has 0 atom stereocenters. The molecule has 0 saturated heterocycles. The van der Waals surface area contributed by atoms with E-state index in [1.165, 1.54) is 0 Å². The molecule has 0 heterocycles. The zero-order valence-electron chi connectivity index (χ0n) is 16.9. The van der Waals surface area contributed by atoms with E-state index >= 15 is 0 Å². The molecular formula is C26H21N3O2. The van der Waals surface area contributed by atoms with E-state index in [9.17, 15) is 10.1 Å². The van der Waals surface area contributed by atoms with Gasteiger partial charge in [-0.2, -0.15) is 10.5 Å². The second kappa shape index (κ2) is 11.0.